The minimum atomic E-state index is -0.404. The van der Waals surface area contributed by atoms with Crippen molar-refractivity contribution in [1.29, 1.82) is 0 Å². The average molecular weight is 293 g/mol. The minimum Gasteiger partial charge on any atom is -0.467 e. The SMILES string of the molecule is COC(=O)C1CCCN1C(=O)CCc1c(C)nn(C)c1C. The molecule has 6 heteroatoms. The number of hydrogen-bond acceptors (Lipinski definition) is 4. The number of amides is 1. The third kappa shape index (κ3) is 3.09. The molecule has 0 aliphatic carbocycles. The second kappa shape index (κ2) is 6.28. The Morgan fingerprint density at radius 3 is 2.67 bits per heavy atom. The molecule has 1 unspecified atom stereocenters. The molecule has 0 aromatic carbocycles. The second-order valence-corrected chi connectivity index (χ2v) is 5.54. The Hall–Kier alpha value is -1.85. The van der Waals surface area contributed by atoms with Crippen LogP contribution in [0.25, 0.3) is 0 Å². The van der Waals surface area contributed by atoms with Crippen molar-refractivity contribution >= 4 is 11.9 Å². The van der Waals surface area contributed by atoms with Gasteiger partial charge in [-0.2, -0.15) is 5.10 Å². The monoisotopic (exact) mass is 293 g/mol. The molecular weight excluding hydrogens is 270 g/mol. The molecule has 1 aromatic rings. The zero-order chi connectivity index (χ0) is 15.6. The highest BCUT2D eigenvalue weighted by Gasteiger charge is 2.34. The van der Waals surface area contributed by atoms with Crippen molar-refractivity contribution in [2.75, 3.05) is 13.7 Å². The van der Waals surface area contributed by atoms with Gasteiger partial charge in [-0.3, -0.25) is 9.48 Å². The van der Waals surface area contributed by atoms with Gasteiger partial charge >= 0.3 is 5.97 Å². The fraction of sp³-hybridized carbons (Fsp3) is 0.667. The average Bonchev–Trinajstić information content (AvgIpc) is 3.03. The van der Waals surface area contributed by atoms with Crippen molar-refractivity contribution < 1.29 is 14.3 Å². The molecule has 0 saturated carbocycles. The number of nitrogens with zero attached hydrogens (tertiary/aromatic N) is 3. The van der Waals surface area contributed by atoms with Crippen LogP contribution >= 0.6 is 0 Å². The van der Waals surface area contributed by atoms with E-state index in [2.05, 4.69) is 5.10 Å². The largest absolute Gasteiger partial charge is 0.467 e. The smallest absolute Gasteiger partial charge is 0.328 e. The van der Waals surface area contributed by atoms with E-state index in [0.717, 1.165) is 23.4 Å². The molecule has 1 fully saturated rings. The summed E-state index contributed by atoms with van der Waals surface area (Å²) >= 11 is 0. The van der Waals surface area contributed by atoms with E-state index >= 15 is 0 Å². The van der Waals surface area contributed by atoms with E-state index in [1.807, 2.05) is 25.6 Å². The maximum atomic E-state index is 12.4. The van der Waals surface area contributed by atoms with Crippen molar-refractivity contribution in [3.05, 3.63) is 17.0 Å². The van der Waals surface area contributed by atoms with Gasteiger partial charge in [0.15, 0.2) is 0 Å². The molecule has 1 atom stereocenters. The van der Waals surface area contributed by atoms with Gasteiger partial charge in [-0.1, -0.05) is 0 Å². The Morgan fingerprint density at radius 1 is 1.38 bits per heavy atom. The first-order valence-electron chi connectivity index (χ1n) is 7.32. The summed E-state index contributed by atoms with van der Waals surface area (Å²) in [5.41, 5.74) is 3.18. The van der Waals surface area contributed by atoms with Crippen molar-refractivity contribution in [2.24, 2.45) is 7.05 Å². The topological polar surface area (TPSA) is 64.4 Å². The summed E-state index contributed by atoms with van der Waals surface area (Å²) in [5.74, 6) is -0.292. The van der Waals surface area contributed by atoms with Gasteiger partial charge in [-0.15, -0.1) is 0 Å². The number of aryl methyl sites for hydroxylation is 2. The van der Waals surface area contributed by atoms with Gasteiger partial charge in [0.1, 0.15) is 6.04 Å². The van der Waals surface area contributed by atoms with E-state index in [1.54, 1.807) is 4.90 Å². The van der Waals surface area contributed by atoms with Crippen LogP contribution in [-0.2, 0) is 27.8 Å². The zero-order valence-electron chi connectivity index (χ0n) is 13.2. The van der Waals surface area contributed by atoms with Crippen LogP contribution in [0, 0.1) is 13.8 Å². The lowest BCUT2D eigenvalue weighted by atomic mass is 10.1. The highest BCUT2D eigenvalue weighted by Crippen LogP contribution is 2.21. The summed E-state index contributed by atoms with van der Waals surface area (Å²) in [5, 5.41) is 4.36. The summed E-state index contributed by atoms with van der Waals surface area (Å²) < 4.78 is 6.61. The van der Waals surface area contributed by atoms with Gasteiger partial charge in [0.05, 0.1) is 12.8 Å². The number of methoxy groups -OCH3 is 1. The van der Waals surface area contributed by atoms with Crippen LogP contribution in [0.1, 0.15) is 36.2 Å². The highest BCUT2D eigenvalue weighted by atomic mass is 16.5. The van der Waals surface area contributed by atoms with E-state index in [1.165, 1.54) is 7.11 Å². The third-order valence-corrected chi connectivity index (χ3v) is 4.29. The first kappa shape index (κ1) is 15.5. The van der Waals surface area contributed by atoms with E-state index in [0.29, 0.717) is 25.8 Å². The number of aromatic nitrogens is 2. The van der Waals surface area contributed by atoms with Crippen molar-refractivity contribution in [2.45, 2.75) is 45.6 Å². The molecular formula is C15H23N3O3. The lowest BCUT2D eigenvalue weighted by Gasteiger charge is -2.22. The van der Waals surface area contributed by atoms with Crippen molar-refractivity contribution in [3.8, 4) is 0 Å². The molecule has 1 amide bonds. The predicted octanol–water partition coefficient (Wildman–Crippen LogP) is 1.13. The fourth-order valence-electron chi connectivity index (χ4n) is 3.00. The summed E-state index contributed by atoms with van der Waals surface area (Å²) in [6.07, 6.45) is 2.62. The van der Waals surface area contributed by atoms with Crippen LogP contribution in [0.4, 0.5) is 0 Å². The second-order valence-electron chi connectivity index (χ2n) is 5.54. The van der Waals surface area contributed by atoms with Crippen LogP contribution in [0.5, 0.6) is 0 Å². The molecule has 1 aromatic heterocycles. The number of carbonyl (C=O) groups is 2. The molecule has 116 valence electrons. The van der Waals surface area contributed by atoms with Crippen molar-refractivity contribution in [1.82, 2.24) is 14.7 Å². The molecule has 0 N–H and O–H groups in total. The minimum absolute atomic E-state index is 0.0190. The van der Waals surface area contributed by atoms with Gasteiger partial charge < -0.3 is 9.64 Å². The van der Waals surface area contributed by atoms with Crippen LogP contribution in [0.3, 0.4) is 0 Å². The molecule has 1 aliphatic heterocycles. The first-order chi connectivity index (χ1) is 9.95. The van der Waals surface area contributed by atoms with E-state index in [-0.39, 0.29) is 11.9 Å². The lowest BCUT2D eigenvalue weighted by molar-refractivity contribution is -0.150. The molecule has 0 radical (unpaired) electrons. The Balaban J connectivity index is 2.00. The van der Waals surface area contributed by atoms with Crippen LogP contribution < -0.4 is 0 Å². The normalized spacial score (nSPS) is 18.1. The van der Waals surface area contributed by atoms with Gasteiger partial charge in [0, 0.05) is 25.7 Å². The molecule has 2 rings (SSSR count). The third-order valence-electron chi connectivity index (χ3n) is 4.29. The van der Waals surface area contributed by atoms with Crippen molar-refractivity contribution in [3.63, 3.8) is 0 Å². The van der Waals surface area contributed by atoms with Crippen LogP contribution in [0.15, 0.2) is 0 Å². The van der Waals surface area contributed by atoms with Gasteiger partial charge in [-0.05, 0) is 38.7 Å². The fourth-order valence-corrected chi connectivity index (χ4v) is 3.00. The maximum Gasteiger partial charge on any atom is 0.328 e. The number of ether oxygens (including phenoxy) is 1. The Morgan fingerprint density at radius 2 is 2.10 bits per heavy atom. The summed E-state index contributed by atoms with van der Waals surface area (Å²) in [6.45, 7) is 4.61. The standard InChI is InChI=1S/C15H23N3O3/c1-10-12(11(2)17(3)16-10)7-8-14(19)18-9-5-6-13(18)15(20)21-4/h13H,5-9H2,1-4H3. The van der Waals surface area contributed by atoms with Crippen LogP contribution in [0.2, 0.25) is 0 Å². The van der Waals surface area contributed by atoms with E-state index in [4.69, 9.17) is 4.74 Å². The number of carbonyl (C=O) groups excluding carboxylic acids is 2. The van der Waals surface area contributed by atoms with E-state index < -0.39 is 6.04 Å². The lowest BCUT2D eigenvalue weighted by Crippen LogP contribution is -2.41. The summed E-state index contributed by atoms with van der Waals surface area (Å²) in [6, 6.07) is -0.404. The highest BCUT2D eigenvalue weighted by molar-refractivity contribution is 5.85. The summed E-state index contributed by atoms with van der Waals surface area (Å²) in [4.78, 5) is 25.7. The number of esters is 1. The van der Waals surface area contributed by atoms with Gasteiger partial charge in [0.25, 0.3) is 0 Å². The van der Waals surface area contributed by atoms with E-state index in [9.17, 15) is 9.59 Å². The Bertz CT molecular complexity index is 551. The molecule has 1 saturated heterocycles. The number of likely N-dealkylation sites (tertiary alicyclic amines) is 1. The van der Waals surface area contributed by atoms with Gasteiger partial charge in [0.2, 0.25) is 5.91 Å². The molecule has 1 aliphatic rings. The maximum absolute atomic E-state index is 12.4. The predicted molar refractivity (Wildman–Crippen MR) is 77.8 cm³/mol. The zero-order valence-corrected chi connectivity index (χ0v) is 13.2. The molecule has 0 bridgehead atoms. The van der Waals surface area contributed by atoms with Crippen LogP contribution in [-0.4, -0.2) is 46.3 Å². The number of hydrogen-bond donors (Lipinski definition) is 0. The Kier molecular flexibility index (Phi) is 4.65. The first-order valence-corrected chi connectivity index (χ1v) is 7.32. The van der Waals surface area contributed by atoms with Gasteiger partial charge in [-0.25, -0.2) is 4.79 Å². The molecule has 6 nitrogen and oxygen atoms in total. The number of rotatable bonds is 4. The molecule has 21 heavy (non-hydrogen) atoms. The summed E-state index contributed by atoms with van der Waals surface area (Å²) in [7, 11) is 3.27. The Labute approximate surface area is 125 Å². The molecule has 0 spiro atoms. The molecule has 2 heterocycles. The quantitative estimate of drug-likeness (QED) is 0.781.